The van der Waals surface area contributed by atoms with E-state index in [-0.39, 0.29) is 0 Å². The Balaban J connectivity index is 1.49. The lowest BCUT2D eigenvalue weighted by Gasteiger charge is -2.23. The largest absolute Gasteiger partial charge is 0.497 e. The fourth-order valence-corrected chi connectivity index (χ4v) is 5.25. The molecule has 0 saturated heterocycles. The number of hydrogen-bond acceptors (Lipinski definition) is 5. The molecule has 4 aromatic carbocycles. The highest BCUT2D eigenvalue weighted by Crippen LogP contribution is 2.32. The van der Waals surface area contributed by atoms with E-state index in [4.69, 9.17) is 9.73 Å². The Morgan fingerprint density at radius 2 is 1.64 bits per heavy atom. The molecule has 9 heteroatoms. The van der Waals surface area contributed by atoms with Crippen LogP contribution in [-0.2, 0) is 12.7 Å². The summed E-state index contributed by atoms with van der Waals surface area (Å²) in [5.41, 5.74) is 4.01. The summed E-state index contributed by atoms with van der Waals surface area (Å²) >= 11 is 1.30. The zero-order chi connectivity index (χ0) is 29.5. The van der Waals surface area contributed by atoms with Gasteiger partial charge >= 0.3 is 6.18 Å². The zero-order valence-corrected chi connectivity index (χ0v) is 23.9. The molecule has 0 fully saturated rings. The fraction of sp³-hybridized carbons (Fsp3) is 0.152. The lowest BCUT2D eigenvalue weighted by Crippen LogP contribution is -2.21. The maximum absolute atomic E-state index is 13.5. The van der Waals surface area contributed by atoms with Crippen LogP contribution in [0.15, 0.2) is 119 Å². The van der Waals surface area contributed by atoms with Gasteiger partial charge in [-0.3, -0.25) is 0 Å². The summed E-state index contributed by atoms with van der Waals surface area (Å²) in [7, 11) is 1.59. The van der Waals surface area contributed by atoms with Crippen LogP contribution in [0.4, 0.5) is 24.5 Å². The van der Waals surface area contributed by atoms with Crippen molar-refractivity contribution >= 4 is 28.9 Å². The number of anilines is 1. The average Bonchev–Trinajstić information content (AvgIpc) is 3.41. The van der Waals surface area contributed by atoms with Gasteiger partial charge in [0.25, 0.3) is 0 Å². The van der Waals surface area contributed by atoms with Gasteiger partial charge in [-0.2, -0.15) is 18.3 Å². The third-order valence-electron chi connectivity index (χ3n) is 6.65. The van der Waals surface area contributed by atoms with Gasteiger partial charge in [-0.1, -0.05) is 54.6 Å². The van der Waals surface area contributed by atoms with Gasteiger partial charge in [-0.25, -0.2) is 9.67 Å². The molecule has 5 aromatic rings. The van der Waals surface area contributed by atoms with E-state index in [1.54, 1.807) is 41.6 Å². The number of methoxy groups -OCH3 is 1. The molecule has 5 rings (SSSR count). The van der Waals surface area contributed by atoms with Gasteiger partial charge in [0.05, 0.1) is 30.3 Å². The van der Waals surface area contributed by atoms with Crippen LogP contribution in [0, 0.1) is 0 Å². The summed E-state index contributed by atoms with van der Waals surface area (Å²) in [5.74, 6) is 0.699. The number of rotatable bonds is 9. The van der Waals surface area contributed by atoms with Gasteiger partial charge in [0.15, 0.2) is 0 Å². The fourth-order valence-electron chi connectivity index (χ4n) is 4.39. The van der Waals surface area contributed by atoms with Crippen LogP contribution in [0.2, 0.25) is 0 Å². The third kappa shape index (κ3) is 6.98. The van der Waals surface area contributed by atoms with Crippen LogP contribution < -0.4 is 14.4 Å². The molecule has 0 amide bonds. The van der Waals surface area contributed by atoms with Crippen molar-refractivity contribution in [1.82, 2.24) is 4.68 Å². The van der Waals surface area contributed by atoms with E-state index in [2.05, 4.69) is 29.1 Å². The number of hydrogen-bond donors (Lipinski definition) is 0. The van der Waals surface area contributed by atoms with E-state index in [0.29, 0.717) is 27.5 Å². The predicted molar refractivity (Wildman–Crippen MR) is 164 cm³/mol. The molecule has 0 aliphatic rings. The normalized spacial score (nSPS) is 12.2. The number of alkyl halides is 3. The lowest BCUT2D eigenvalue weighted by molar-refractivity contribution is -0.137. The van der Waals surface area contributed by atoms with Crippen molar-refractivity contribution < 1.29 is 17.9 Å². The molecule has 0 atom stereocenters. The first kappa shape index (κ1) is 28.9. The summed E-state index contributed by atoms with van der Waals surface area (Å²) in [6.07, 6.45) is -2.76. The molecule has 0 unspecified atom stereocenters. The second kappa shape index (κ2) is 12.9. The summed E-state index contributed by atoms with van der Waals surface area (Å²) < 4.78 is 47.2. The highest BCUT2D eigenvalue weighted by atomic mass is 32.1. The van der Waals surface area contributed by atoms with Crippen LogP contribution in [0.3, 0.4) is 0 Å². The van der Waals surface area contributed by atoms with Crippen molar-refractivity contribution in [2.24, 2.45) is 10.1 Å². The Kier molecular flexibility index (Phi) is 8.88. The molecule has 0 aliphatic carbocycles. The number of aromatic nitrogens is 1. The van der Waals surface area contributed by atoms with Crippen LogP contribution >= 0.6 is 11.3 Å². The first-order chi connectivity index (χ1) is 20.3. The minimum absolute atomic E-state index is 0.393. The van der Waals surface area contributed by atoms with Crippen molar-refractivity contribution in [3.63, 3.8) is 0 Å². The molecular weight excluding hydrogens is 557 g/mol. The summed E-state index contributed by atoms with van der Waals surface area (Å²) in [6.45, 7) is 3.77. The van der Waals surface area contributed by atoms with E-state index in [0.717, 1.165) is 36.5 Å². The second-order valence-corrected chi connectivity index (χ2v) is 10.3. The van der Waals surface area contributed by atoms with Crippen molar-refractivity contribution in [3.05, 3.63) is 130 Å². The summed E-state index contributed by atoms with van der Waals surface area (Å²) in [6, 6.07) is 30.8. The average molecular weight is 587 g/mol. The highest BCUT2D eigenvalue weighted by Gasteiger charge is 2.30. The molecule has 1 aromatic heterocycles. The Labute approximate surface area is 246 Å². The monoisotopic (exact) mass is 586 g/mol. The first-order valence-electron chi connectivity index (χ1n) is 13.3. The van der Waals surface area contributed by atoms with Crippen LogP contribution in [0.25, 0.3) is 11.3 Å². The van der Waals surface area contributed by atoms with E-state index in [1.165, 1.54) is 23.0 Å². The molecule has 0 N–H and O–H groups in total. The smallest absolute Gasteiger partial charge is 0.416 e. The first-order valence-corrected chi connectivity index (χ1v) is 14.2. The number of halogens is 3. The van der Waals surface area contributed by atoms with Crippen molar-refractivity contribution in [2.75, 3.05) is 18.6 Å². The molecule has 0 aliphatic heterocycles. The van der Waals surface area contributed by atoms with E-state index >= 15 is 0 Å². The second-order valence-electron chi connectivity index (χ2n) is 9.44. The topological polar surface area (TPSA) is 42.1 Å². The number of ether oxygens (including phenoxy) is 1. The van der Waals surface area contributed by atoms with Crippen molar-refractivity contribution in [3.8, 4) is 17.0 Å². The maximum Gasteiger partial charge on any atom is 0.416 e. The third-order valence-corrected chi connectivity index (χ3v) is 7.46. The number of nitrogens with zero attached hydrogens (tertiary/aromatic N) is 4. The molecule has 0 radical (unpaired) electrons. The molecule has 0 spiro atoms. The van der Waals surface area contributed by atoms with Gasteiger partial charge < -0.3 is 9.64 Å². The Morgan fingerprint density at radius 1 is 0.905 bits per heavy atom. The summed E-state index contributed by atoms with van der Waals surface area (Å²) in [4.78, 5) is 7.51. The van der Waals surface area contributed by atoms with Crippen molar-refractivity contribution in [2.45, 2.75) is 19.6 Å². The zero-order valence-electron chi connectivity index (χ0n) is 23.1. The SMILES string of the molecule is CCN(Cc1ccccc1)c1ccc(/C=N\n2c(-c3cccc(C(F)(F)F)c3)csc2=Nc2ccc(OC)cc2)cc1. The molecule has 42 heavy (non-hydrogen) atoms. The van der Waals surface area contributed by atoms with Gasteiger partial charge in [0.2, 0.25) is 4.80 Å². The molecule has 1 heterocycles. The summed E-state index contributed by atoms with van der Waals surface area (Å²) in [5, 5.41) is 6.45. The quantitative estimate of drug-likeness (QED) is 0.163. The van der Waals surface area contributed by atoms with Gasteiger partial charge in [-0.15, -0.1) is 11.3 Å². The van der Waals surface area contributed by atoms with Crippen LogP contribution in [-0.4, -0.2) is 24.5 Å². The van der Waals surface area contributed by atoms with Crippen LogP contribution in [0.1, 0.15) is 23.6 Å². The van der Waals surface area contributed by atoms with Crippen LogP contribution in [0.5, 0.6) is 5.75 Å². The molecular formula is C33H29F3N4OS. The Hall–Kier alpha value is -4.63. The van der Waals surface area contributed by atoms with Gasteiger partial charge in [0, 0.05) is 29.7 Å². The van der Waals surface area contributed by atoms with E-state index < -0.39 is 11.7 Å². The molecule has 5 nitrogen and oxygen atoms in total. The maximum atomic E-state index is 13.5. The van der Waals surface area contributed by atoms with E-state index in [9.17, 15) is 13.2 Å². The lowest BCUT2D eigenvalue weighted by atomic mass is 10.1. The minimum Gasteiger partial charge on any atom is -0.497 e. The Bertz CT molecular complexity index is 1710. The molecule has 214 valence electrons. The highest BCUT2D eigenvalue weighted by molar-refractivity contribution is 7.07. The van der Waals surface area contributed by atoms with Gasteiger partial charge in [0.1, 0.15) is 5.75 Å². The molecule has 0 bridgehead atoms. The Morgan fingerprint density at radius 3 is 2.31 bits per heavy atom. The number of thiazole rings is 1. The van der Waals surface area contributed by atoms with Gasteiger partial charge in [-0.05, 0) is 66.6 Å². The minimum atomic E-state index is -4.45. The van der Waals surface area contributed by atoms with E-state index in [1.807, 2.05) is 54.6 Å². The molecule has 0 saturated carbocycles. The predicted octanol–water partition coefficient (Wildman–Crippen LogP) is 8.39. The van der Waals surface area contributed by atoms with Crippen molar-refractivity contribution in [1.29, 1.82) is 0 Å². The standard InChI is InChI=1S/C33H29F3N4OS/c1-3-39(22-25-8-5-4-6-9-25)29-16-12-24(13-17-29)21-37-40-31(26-10-7-11-27(20-26)33(34,35)36)23-42-32(40)38-28-14-18-30(41-2)19-15-28/h4-21,23H,3,22H2,1-2H3/b37-21-,38-32?. The number of benzene rings is 4.